The highest BCUT2D eigenvalue weighted by Gasteiger charge is 2.38. The molecule has 0 saturated heterocycles. The maximum Gasteiger partial charge on any atom is 0.256 e. The summed E-state index contributed by atoms with van der Waals surface area (Å²) in [6.07, 6.45) is 4.91. The van der Waals surface area contributed by atoms with Crippen LogP contribution in [0.1, 0.15) is 43.0 Å². The number of carbonyl (C=O) groups excluding carboxylic acids is 1. The van der Waals surface area contributed by atoms with E-state index in [4.69, 9.17) is 34.0 Å². The molecule has 1 aliphatic carbocycles. The molecule has 0 aromatic carbocycles. The van der Waals surface area contributed by atoms with Gasteiger partial charge in [0.15, 0.2) is 0 Å². The van der Waals surface area contributed by atoms with Crippen LogP contribution < -0.4 is 11.1 Å². The van der Waals surface area contributed by atoms with Crippen molar-refractivity contribution in [2.75, 3.05) is 0 Å². The molecular weight excluding hydrogens is 284 g/mol. The lowest BCUT2D eigenvalue weighted by atomic mass is 9.77. The lowest BCUT2D eigenvalue weighted by Crippen LogP contribution is -2.58. The number of nitrogens with one attached hydrogen (secondary N) is 1. The molecule has 1 aliphatic rings. The summed E-state index contributed by atoms with van der Waals surface area (Å²) in [5.74, 6) is 0.345. The third-order valence-electron chi connectivity index (χ3n) is 3.81. The van der Waals surface area contributed by atoms with Crippen LogP contribution in [-0.4, -0.2) is 16.4 Å². The van der Waals surface area contributed by atoms with Gasteiger partial charge in [0.25, 0.3) is 5.91 Å². The molecule has 0 atom stereocenters. The molecule has 0 bridgehead atoms. The van der Waals surface area contributed by atoms with Gasteiger partial charge in [-0.15, -0.1) is 0 Å². The third-order valence-corrected chi connectivity index (χ3v) is 4.50. The van der Waals surface area contributed by atoms with Gasteiger partial charge in [0.05, 0.1) is 22.4 Å². The van der Waals surface area contributed by atoms with Crippen molar-refractivity contribution in [3.05, 3.63) is 23.1 Å². The van der Waals surface area contributed by atoms with Gasteiger partial charge >= 0.3 is 0 Å². The van der Waals surface area contributed by atoms with Gasteiger partial charge in [0, 0.05) is 0 Å². The molecule has 3 N–H and O–H groups in total. The zero-order valence-corrected chi connectivity index (χ0v) is 12.3. The molecule has 1 saturated carbocycles. The molecule has 19 heavy (non-hydrogen) atoms. The zero-order chi connectivity index (χ0) is 14.0. The third kappa shape index (κ3) is 2.92. The summed E-state index contributed by atoms with van der Waals surface area (Å²) in [4.78, 5) is 12.6. The fourth-order valence-corrected chi connectivity index (χ4v) is 2.88. The van der Waals surface area contributed by atoms with Gasteiger partial charge in [0.1, 0.15) is 0 Å². The smallest absolute Gasteiger partial charge is 0.256 e. The number of amides is 1. The summed E-state index contributed by atoms with van der Waals surface area (Å²) >= 11 is 11.0. The van der Waals surface area contributed by atoms with Crippen molar-refractivity contribution in [1.82, 2.24) is 5.32 Å². The molecular formula is C13H17ClN2O2S. The molecule has 1 aromatic rings. The standard InChI is InChI=1S/C13H17ClN2O2S/c1-8-2-5-13(6-3-8,12(15)19)16-11(17)9-4-7-18-10(9)14/h4,7-8H,2-3,5-6H2,1H3,(H2,15,19)(H,16,17). The van der Waals surface area contributed by atoms with E-state index >= 15 is 0 Å². The van der Waals surface area contributed by atoms with E-state index in [-0.39, 0.29) is 11.1 Å². The number of thiocarbonyl (C=S) groups is 1. The summed E-state index contributed by atoms with van der Waals surface area (Å²) in [6.45, 7) is 2.19. The van der Waals surface area contributed by atoms with Crippen LogP contribution >= 0.6 is 23.8 Å². The number of furan rings is 1. The first-order chi connectivity index (χ1) is 8.94. The molecule has 1 amide bonds. The number of halogens is 1. The van der Waals surface area contributed by atoms with Crippen molar-refractivity contribution in [3.8, 4) is 0 Å². The Bertz CT molecular complexity index is 493. The van der Waals surface area contributed by atoms with Crippen molar-refractivity contribution in [3.63, 3.8) is 0 Å². The average Bonchev–Trinajstić information content (AvgIpc) is 2.78. The van der Waals surface area contributed by atoms with Crippen LogP contribution in [-0.2, 0) is 0 Å². The first-order valence-electron chi connectivity index (χ1n) is 6.30. The first-order valence-corrected chi connectivity index (χ1v) is 7.08. The number of hydrogen-bond acceptors (Lipinski definition) is 3. The summed E-state index contributed by atoms with van der Waals surface area (Å²) < 4.78 is 4.93. The monoisotopic (exact) mass is 300 g/mol. The largest absolute Gasteiger partial charge is 0.452 e. The van der Waals surface area contributed by atoms with Crippen LogP contribution in [0.3, 0.4) is 0 Å². The fourth-order valence-electron chi connectivity index (χ4n) is 2.43. The quantitative estimate of drug-likeness (QED) is 0.842. The Morgan fingerprint density at radius 3 is 2.68 bits per heavy atom. The average molecular weight is 301 g/mol. The van der Waals surface area contributed by atoms with Crippen LogP contribution in [0, 0.1) is 5.92 Å². The molecule has 1 heterocycles. The van der Waals surface area contributed by atoms with Crippen molar-refractivity contribution < 1.29 is 9.21 Å². The van der Waals surface area contributed by atoms with Crippen LogP contribution in [0.5, 0.6) is 0 Å². The first kappa shape index (κ1) is 14.3. The zero-order valence-electron chi connectivity index (χ0n) is 10.7. The second-order valence-electron chi connectivity index (χ2n) is 5.19. The number of rotatable bonds is 3. The van der Waals surface area contributed by atoms with E-state index in [9.17, 15) is 4.79 Å². The van der Waals surface area contributed by atoms with E-state index in [1.54, 1.807) is 0 Å². The number of hydrogen-bond donors (Lipinski definition) is 2. The Morgan fingerprint density at radius 2 is 2.21 bits per heavy atom. The topological polar surface area (TPSA) is 68.3 Å². The van der Waals surface area contributed by atoms with Crippen molar-refractivity contribution in [2.24, 2.45) is 11.7 Å². The molecule has 104 valence electrons. The molecule has 0 radical (unpaired) electrons. The molecule has 2 rings (SSSR count). The van der Waals surface area contributed by atoms with Gasteiger partial charge in [0.2, 0.25) is 5.22 Å². The Labute approximate surface area is 122 Å². The van der Waals surface area contributed by atoms with Gasteiger partial charge in [-0.05, 0) is 49.3 Å². The van der Waals surface area contributed by atoms with Crippen molar-refractivity contribution in [1.29, 1.82) is 0 Å². The highest BCUT2D eigenvalue weighted by Crippen LogP contribution is 2.33. The molecule has 1 fully saturated rings. The van der Waals surface area contributed by atoms with Crippen LogP contribution in [0.15, 0.2) is 16.7 Å². The minimum absolute atomic E-state index is 0.0831. The van der Waals surface area contributed by atoms with E-state index < -0.39 is 5.54 Å². The van der Waals surface area contributed by atoms with Crippen molar-refractivity contribution in [2.45, 2.75) is 38.1 Å². The Balaban J connectivity index is 2.16. The van der Waals surface area contributed by atoms with E-state index in [0.29, 0.717) is 16.5 Å². The van der Waals surface area contributed by atoms with Crippen LogP contribution in [0.4, 0.5) is 0 Å². The van der Waals surface area contributed by atoms with E-state index in [1.165, 1.54) is 12.3 Å². The van der Waals surface area contributed by atoms with Gasteiger partial charge < -0.3 is 15.5 Å². The Hall–Kier alpha value is -1.07. The molecule has 1 aromatic heterocycles. The summed E-state index contributed by atoms with van der Waals surface area (Å²) in [5, 5.41) is 3.03. The number of carbonyl (C=O) groups is 1. The number of nitrogens with two attached hydrogens (primary N) is 1. The molecule has 6 heteroatoms. The predicted octanol–water partition coefficient (Wildman–Crippen LogP) is 2.90. The normalized spacial score (nSPS) is 26.9. The maximum absolute atomic E-state index is 12.2. The van der Waals surface area contributed by atoms with Crippen LogP contribution in [0.25, 0.3) is 0 Å². The molecule has 0 spiro atoms. The lowest BCUT2D eigenvalue weighted by molar-refractivity contribution is 0.0900. The molecule has 0 unspecified atom stereocenters. The second-order valence-corrected chi connectivity index (χ2v) is 5.97. The van der Waals surface area contributed by atoms with Gasteiger partial charge in [-0.3, -0.25) is 4.79 Å². The van der Waals surface area contributed by atoms with Gasteiger partial charge in [-0.25, -0.2) is 0 Å². The highest BCUT2D eigenvalue weighted by atomic mass is 35.5. The predicted molar refractivity (Wildman–Crippen MR) is 78.3 cm³/mol. The fraction of sp³-hybridized carbons (Fsp3) is 0.538. The van der Waals surface area contributed by atoms with Gasteiger partial charge in [-0.2, -0.15) is 0 Å². The molecule has 0 aliphatic heterocycles. The lowest BCUT2D eigenvalue weighted by Gasteiger charge is -2.39. The van der Waals surface area contributed by atoms with Gasteiger partial charge in [-0.1, -0.05) is 19.1 Å². The maximum atomic E-state index is 12.2. The highest BCUT2D eigenvalue weighted by molar-refractivity contribution is 7.80. The Kier molecular flexibility index (Phi) is 4.16. The van der Waals surface area contributed by atoms with E-state index in [1.807, 2.05) is 0 Å². The molecule has 4 nitrogen and oxygen atoms in total. The minimum Gasteiger partial charge on any atom is -0.452 e. The second kappa shape index (κ2) is 5.51. The Morgan fingerprint density at radius 1 is 1.58 bits per heavy atom. The van der Waals surface area contributed by atoms with E-state index in [2.05, 4.69) is 12.2 Å². The van der Waals surface area contributed by atoms with E-state index in [0.717, 1.165) is 25.7 Å². The van der Waals surface area contributed by atoms with Crippen LogP contribution in [0.2, 0.25) is 5.22 Å². The van der Waals surface area contributed by atoms with Crippen molar-refractivity contribution >= 4 is 34.7 Å². The SMILES string of the molecule is CC1CCC(NC(=O)c2ccoc2Cl)(C(N)=S)CC1. The minimum atomic E-state index is -0.598. The summed E-state index contributed by atoms with van der Waals surface area (Å²) in [7, 11) is 0. The summed E-state index contributed by atoms with van der Waals surface area (Å²) in [5.41, 5.74) is 5.57. The summed E-state index contributed by atoms with van der Waals surface area (Å²) in [6, 6.07) is 1.54.